The van der Waals surface area contributed by atoms with Crippen LogP contribution in [0.5, 0.6) is 5.75 Å². The first kappa shape index (κ1) is 13.1. The number of carboxylic acid groups (broad SMARTS) is 1. The molecule has 0 atom stereocenters. The standard InChI is InChI=1S/C16H16O3/c1-11-12(2)15(19-16(17)18)9-8-14(11)10-13-6-4-3-5-7-13/h3-9H,10H2,1-2H3,(H,17,18). The van der Waals surface area contributed by atoms with E-state index in [1.807, 2.05) is 38.1 Å². The highest BCUT2D eigenvalue weighted by Crippen LogP contribution is 2.26. The summed E-state index contributed by atoms with van der Waals surface area (Å²) in [6, 6.07) is 13.8. The normalized spacial score (nSPS) is 10.2. The molecular formula is C16H16O3. The smallest absolute Gasteiger partial charge is 0.449 e. The van der Waals surface area contributed by atoms with Crippen LogP contribution in [-0.4, -0.2) is 11.3 Å². The maximum absolute atomic E-state index is 10.6. The van der Waals surface area contributed by atoms with Crippen molar-refractivity contribution in [3.05, 3.63) is 64.7 Å². The Morgan fingerprint density at radius 3 is 2.37 bits per heavy atom. The molecule has 0 bridgehead atoms. The highest BCUT2D eigenvalue weighted by molar-refractivity contribution is 5.62. The Labute approximate surface area is 112 Å². The molecular weight excluding hydrogens is 240 g/mol. The molecule has 1 N–H and O–H groups in total. The minimum Gasteiger partial charge on any atom is -0.449 e. The van der Waals surface area contributed by atoms with Crippen molar-refractivity contribution < 1.29 is 14.6 Å². The summed E-state index contributed by atoms with van der Waals surface area (Å²) < 4.78 is 4.75. The third-order valence-corrected chi connectivity index (χ3v) is 3.28. The first-order valence-electron chi connectivity index (χ1n) is 6.11. The van der Waals surface area contributed by atoms with E-state index in [9.17, 15) is 4.79 Å². The molecule has 3 nitrogen and oxygen atoms in total. The molecule has 0 aliphatic heterocycles. The maximum atomic E-state index is 10.6. The van der Waals surface area contributed by atoms with E-state index in [4.69, 9.17) is 9.84 Å². The van der Waals surface area contributed by atoms with Gasteiger partial charge in [-0.25, -0.2) is 4.79 Å². The summed E-state index contributed by atoms with van der Waals surface area (Å²) in [7, 11) is 0. The van der Waals surface area contributed by atoms with Crippen LogP contribution >= 0.6 is 0 Å². The first-order chi connectivity index (χ1) is 9.08. The van der Waals surface area contributed by atoms with Crippen LogP contribution < -0.4 is 4.74 Å². The van der Waals surface area contributed by atoms with Gasteiger partial charge in [-0.15, -0.1) is 0 Å². The van der Waals surface area contributed by atoms with Crippen LogP contribution in [0.25, 0.3) is 0 Å². The van der Waals surface area contributed by atoms with Crippen molar-refractivity contribution in [2.24, 2.45) is 0 Å². The Balaban J connectivity index is 2.28. The maximum Gasteiger partial charge on any atom is 0.511 e. The molecule has 2 aromatic carbocycles. The Bertz CT molecular complexity index is 588. The summed E-state index contributed by atoms with van der Waals surface area (Å²) in [6.45, 7) is 3.87. The zero-order chi connectivity index (χ0) is 13.8. The summed E-state index contributed by atoms with van der Waals surface area (Å²) in [5.41, 5.74) is 4.36. The van der Waals surface area contributed by atoms with Gasteiger partial charge < -0.3 is 9.84 Å². The zero-order valence-electron chi connectivity index (χ0n) is 11.0. The van der Waals surface area contributed by atoms with Crippen molar-refractivity contribution in [1.82, 2.24) is 0 Å². The van der Waals surface area contributed by atoms with Crippen molar-refractivity contribution >= 4 is 6.16 Å². The van der Waals surface area contributed by atoms with E-state index in [-0.39, 0.29) is 0 Å². The highest BCUT2D eigenvalue weighted by Gasteiger charge is 2.10. The van der Waals surface area contributed by atoms with E-state index in [0.717, 1.165) is 17.5 Å². The van der Waals surface area contributed by atoms with E-state index in [0.29, 0.717) is 5.75 Å². The summed E-state index contributed by atoms with van der Waals surface area (Å²) >= 11 is 0. The molecule has 0 fully saturated rings. The first-order valence-corrected chi connectivity index (χ1v) is 6.11. The predicted octanol–water partition coefficient (Wildman–Crippen LogP) is 3.95. The van der Waals surface area contributed by atoms with Gasteiger partial charge >= 0.3 is 6.16 Å². The second-order valence-electron chi connectivity index (χ2n) is 4.50. The van der Waals surface area contributed by atoms with Gasteiger partial charge in [-0.05, 0) is 48.6 Å². The second kappa shape index (κ2) is 5.57. The molecule has 2 rings (SSSR count). The molecule has 0 aliphatic carbocycles. The molecule has 19 heavy (non-hydrogen) atoms. The number of benzene rings is 2. The second-order valence-corrected chi connectivity index (χ2v) is 4.50. The largest absolute Gasteiger partial charge is 0.511 e. The third kappa shape index (κ3) is 3.13. The van der Waals surface area contributed by atoms with Gasteiger partial charge in [-0.1, -0.05) is 36.4 Å². The molecule has 0 aromatic heterocycles. The molecule has 3 heteroatoms. The van der Waals surface area contributed by atoms with Crippen LogP contribution in [0.2, 0.25) is 0 Å². The van der Waals surface area contributed by atoms with E-state index < -0.39 is 6.16 Å². The Hall–Kier alpha value is -2.29. The minimum absolute atomic E-state index is 0.404. The highest BCUT2D eigenvalue weighted by atomic mass is 16.7. The van der Waals surface area contributed by atoms with Crippen LogP contribution in [0.15, 0.2) is 42.5 Å². The van der Waals surface area contributed by atoms with Gasteiger partial charge in [0.2, 0.25) is 0 Å². The lowest BCUT2D eigenvalue weighted by Crippen LogP contribution is -2.06. The van der Waals surface area contributed by atoms with Crippen LogP contribution in [0, 0.1) is 13.8 Å². The molecule has 0 radical (unpaired) electrons. The van der Waals surface area contributed by atoms with Crippen LogP contribution in [0.3, 0.4) is 0 Å². The van der Waals surface area contributed by atoms with Crippen LogP contribution in [-0.2, 0) is 6.42 Å². The topological polar surface area (TPSA) is 46.5 Å². The SMILES string of the molecule is Cc1c(Cc2ccccc2)ccc(OC(=O)O)c1C. The summed E-state index contributed by atoms with van der Waals surface area (Å²) in [5, 5.41) is 8.66. The summed E-state index contributed by atoms with van der Waals surface area (Å²) in [4.78, 5) is 10.6. The van der Waals surface area contributed by atoms with E-state index in [1.54, 1.807) is 6.07 Å². The fraction of sp³-hybridized carbons (Fsp3) is 0.188. The van der Waals surface area contributed by atoms with Crippen molar-refractivity contribution in [2.45, 2.75) is 20.3 Å². The number of rotatable bonds is 3. The fourth-order valence-electron chi connectivity index (χ4n) is 2.06. The van der Waals surface area contributed by atoms with E-state index in [2.05, 4.69) is 12.1 Å². The van der Waals surface area contributed by atoms with Gasteiger partial charge in [0.15, 0.2) is 0 Å². The monoisotopic (exact) mass is 256 g/mol. The van der Waals surface area contributed by atoms with Gasteiger partial charge in [0, 0.05) is 0 Å². The lowest BCUT2D eigenvalue weighted by Gasteiger charge is -2.12. The molecule has 0 heterocycles. The fourth-order valence-corrected chi connectivity index (χ4v) is 2.06. The van der Waals surface area contributed by atoms with Crippen LogP contribution in [0.1, 0.15) is 22.3 Å². The summed E-state index contributed by atoms with van der Waals surface area (Å²) in [5.74, 6) is 0.404. The number of hydrogen-bond donors (Lipinski definition) is 1. The quantitative estimate of drug-likeness (QED) is 0.668. The van der Waals surface area contributed by atoms with Crippen molar-refractivity contribution in [3.63, 3.8) is 0 Å². The van der Waals surface area contributed by atoms with Gasteiger partial charge in [-0.3, -0.25) is 0 Å². The van der Waals surface area contributed by atoms with Gasteiger partial charge in [-0.2, -0.15) is 0 Å². The molecule has 98 valence electrons. The lowest BCUT2D eigenvalue weighted by molar-refractivity contribution is 0.144. The minimum atomic E-state index is -1.28. The molecule has 0 spiro atoms. The van der Waals surface area contributed by atoms with Crippen molar-refractivity contribution in [2.75, 3.05) is 0 Å². The number of carbonyl (C=O) groups is 1. The van der Waals surface area contributed by atoms with Crippen molar-refractivity contribution in [1.29, 1.82) is 0 Å². The van der Waals surface area contributed by atoms with Gasteiger partial charge in [0.25, 0.3) is 0 Å². The summed E-state index contributed by atoms with van der Waals surface area (Å²) in [6.07, 6.45) is -0.445. The average Bonchev–Trinajstić information content (AvgIpc) is 2.39. The van der Waals surface area contributed by atoms with Crippen molar-refractivity contribution in [3.8, 4) is 5.75 Å². The molecule has 2 aromatic rings. The number of hydrogen-bond acceptors (Lipinski definition) is 2. The Morgan fingerprint density at radius 1 is 1.05 bits per heavy atom. The van der Waals surface area contributed by atoms with Crippen LogP contribution in [0.4, 0.5) is 4.79 Å². The molecule has 0 amide bonds. The predicted molar refractivity (Wildman–Crippen MR) is 73.8 cm³/mol. The Morgan fingerprint density at radius 2 is 1.74 bits per heavy atom. The van der Waals surface area contributed by atoms with Gasteiger partial charge in [0.1, 0.15) is 5.75 Å². The van der Waals surface area contributed by atoms with E-state index in [1.165, 1.54) is 11.1 Å². The average molecular weight is 256 g/mol. The molecule has 0 saturated carbocycles. The van der Waals surface area contributed by atoms with Gasteiger partial charge in [0.05, 0.1) is 0 Å². The third-order valence-electron chi connectivity index (χ3n) is 3.28. The zero-order valence-corrected chi connectivity index (χ0v) is 11.0. The lowest BCUT2D eigenvalue weighted by atomic mass is 9.97. The Kier molecular flexibility index (Phi) is 3.85. The molecule has 0 aliphatic rings. The molecule has 0 unspecified atom stereocenters. The van der Waals surface area contributed by atoms with E-state index >= 15 is 0 Å². The molecule has 0 saturated heterocycles. The number of ether oxygens (including phenoxy) is 1.